The molecule has 0 aromatic carbocycles. The van der Waals surface area contributed by atoms with E-state index in [1.54, 1.807) is 0 Å². The van der Waals surface area contributed by atoms with Crippen LogP contribution in [-0.2, 0) is 4.74 Å². The highest BCUT2D eigenvalue weighted by Gasteiger charge is 2.39. The number of hydrogen-bond acceptors (Lipinski definition) is 3. The molecule has 0 spiro atoms. The van der Waals surface area contributed by atoms with E-state index in [-0.39, 0.29) is 0 Å². The summed E-state index contributed by atoms with van der Waals surface area (Å²) in [6, 6.07) is 1.53. The number of nitrogens with zero attached hydrogens (tertiary/aromatic N) is 1. The summed E-state index contributed by atoms with van der Waals surface area (Å²) in [6.45, 7) is 7.49. The Morgan fingerprint density at radius 1 is 1.05 bits per heavy atom. The monoisotopic (exact) mass is 280 g/mol. The van der Waals surface area contributed by atoms with E-state index in [9.17, 15) is 0 Å². The van der Waals surface area contributed by atoms with Crippen LogP contribution < -0.4 is 5.32 Å². The van der Waals surface area contributed by atoms with Gasteiger partial charge >= 0.3 is 0 Å². The summed E-state index contributed by atoms with van der Waals surface area (Å²) in [5.74, 6) is 1.90. The zero-order valence-corrected chi connectivity index (χ0v) is 13.2. The molecule has 1 heterocycles. The van der Waals surface area contributed by atoms with Crippen molar-refractivity contribution in [2.75, 3.05) is 32.8 Å². The molecule has 2 aliphatic carbocycles. The smallest absolute Gasteiger partial charge is 0.0593 e. The zero-order chi connectivity index (χ0) is 13.8. The van der Waals surface area contributed by atoms with Crippen LogP contribution >= 0.6 is 0 Å². The van der Waals surface area contributed by atoms with E-state index in [0.29, 0.717) is 0 Å². The van der Waals surface area contributed by atoms with Gasteiger partial charge in [0.1, 0.15) is 0 Å². The largest absolute Gasteiger partial charge is 0.380 e. The van der Waals surface area contributed by atoms with Gasteiger partial charge in [-0.2, -0.15) is 0 Å². The average molecular weight is 280 g/mol. The van der Waals surface area contributed by atoms with Crippen LogP contribution in [0, 0.1) is 11.8 Å². The summed E-state index contributed by atoms with van der Waals surface area (Å²) < 4.78 is 5.62. The predicted molar refractivity (Wildman–Crippen MR) is 82.9 cm³/mol. The fourth-order valence-electron chi connectivity index (χ4n) is 4.24. The minimum absolute atomic E-state index is 0.761. The number of nitrogens with one attached hydrogen (secondary N) is 1. The summed E-state index contributed by atoms with van der Waals surface area (Å²) in [5.41, 5.74) is 0. The molecule has 0 amide bonds. The van der Waals surface area contributed by atoms with Gasteiger partial charge in [-0.05, 0) is 44.4 Å². The molecule has 1 N–H and O–H groups in total. The molecular formula is C17H32N2O. The first-order chi connectivity index (χ1) is 9.88. The van der Waals surface area contributed by atoms with Crippen LogP contribution in [0.2, 0.25) is 0 Å². The van der Waals surface area contributed by atoms with E-state index in [1.807, 2.05) is 0 Å². The van der Waals surface area contributed by atoms with Crippen LogP contribution in [0.25, 0.3) is 0 Å². The van der Waals surface area contributed by atoms with Crippen molar-refractivity contribution in [1.82, 2.24) is 10.2 Å². The van der Waals surface area contributed by atoms with Gasteiger partial charge in [-0.3, -0.25) is 4.90 Å². The van der Waals surface area contributed by atoms with Gasteiger partial charge < -0.3 is 10.1 Å². The summed E-state index contributed by atoms with van der Waals surface area (Å²) >= 11 is 0. The Labute approximate surface area is 124 Å². The van der Waals surface area contributed by atoms with Crippen molar-refractivity contribution in [2.24, 2.45) is 11.8 Å². The van der Waals surface area contributed by atoms with Crippen LogP contribution in [-0.4, -0.2) is 49.8 Å². The molecule has 0 bridgehead atoms. The Morgan fingerprint density at radius 3 is 2.55 bits per heavy atom. The van der Waals surface area contributed by atoms with Crippen LogP contribution in [0.15, 0.2) is 0 Å². The summed E-state index contributed by atoms with van der Waals surface area (Å²) in [5, 5.41) is 3.87. The van der Waals surface area contributed by atoms with E-state index < -0.39 is 0 Å². The summed E-state index contributed by atoms with van der Waals surface area (Å²) in [4.78, 5) is 2.77. The van der Waals surface area contributed by atoms with Crippen LogP contribution in [0.3, 0.4) is 0 Å². The Kier molecular flexibility index (Phi) is 5.36. The molecule has 2 saturated carbocycles. The number of ether oxygens (including phenoxy) is 1. The minimum Gasteiger partial charge on any atom is -0.380 e. The third kappa shape index (κ3) is 3.75. The lowest BCUT2D eigenvalue weighted by molar-refractivity contribution is 0.0358. The maximum absolute atomic E-state index is 5.62. The molecule has 3 fully saturated rings. The quantitative estimate of drug-likeness (QED) is 0.757. The van der Waals surface area contributed by atoms with E-state index in [4.69, 9.17) is 4.74 Å². The lowest BCUT2D eigenvalue weighted by Gasteiger charge is -2.45. The van der Waals surface area contributed by atoms with Gasteiger partial charge in [0.05, 0.1) is 6.61 Å². The molecule has 1 saturated heterocycles. The second-order valence-electron chi connectivity index (χ2n) is 7.01. The molecule has 1 aliphatic heterocycles. The van der Waals surface area contributed by atoms with Crippen molar-refractivity contribution < 1.29 is 4.74 Å². The van der Waals surface area contributed by atoms with Crippen LogP contribution in [0.4, 0.5) is 0 Å². The second kappa shape index (κ2) is 7.24. The van der Waals surface area contributed by atoms with Gasteiger partial charge in [0.25, 0.3) is 0 Å². The van der Waals surface area contributed by atoms with Crippen molar-refractivity contribution in [3.05, 3.63) is 0 Å². The average Bonchev–Trinajstić information content (AvgIpc) is 3.33. The molecule has 0 aromatic rings. The van der Waals surface area contributed by atoms with Crippen LogP contribution in [0.1, 0.15) is 51.9 Å². The molecule has 3 aliphatic rings. The molecular weight excluding hydrogens is 248 g/mol. The molecule has 3 nitrogen and oxygen atoms in total. The lowest BCUT2D eigenvalue weighted by Crippen LogP contribution is -2.60. The first kappa shape index (κ1) is 14.8. The fourth-order valence-corrected chi connectivity index (χ4v) is 4.24. The van der Waals surface area contributed by atoms with Crippen molar-refractivity contribution in [3.63, 3.8) is 0 Å². The Balaban J connectivity index is 1.56. The van der Waals surface area contributed by atoms with Gasteiger partial charge in [0.15, 0.2) is 0 Å². The van der Waals surface area contributed by atoms with E-state index in [2.05, 4.69) is 17.1 Å². The predicted octanol–water partition coefficient (Wildman–Crippen LogP) is 2.66. The third-order valence-corrected chi connectivity index (χ3v) is 5.60. The molecule has 0 radical (unpaired) electrons. The molecule has 0 aromatic heterocycles. The maximum Gasteiger partial charge on any atom is 0.0593 e. The van der Waals surface area contributed by atoms with Gasteiger partial charge in [0, 0.05) is 38.3 Å². The Hall–Kier alpha value is -0.120. The normalized spacial score (nSPS) is 33.5. The SMILES string of the molecule is CCOCCN1CC(C2CC2)NCC1C1CCCCC1. The highest BCUT2D eigenvalue weighted by Crippen LogP contribution is 2.36. The van der Waals surface area contributed by atoms with Gasteiger partial charge in [-0.15, -0.1) is 0 Å². The number of hydrogen-bond donors (Lipinski definition) is 1. The molecule has 2 unspecified atom stereocenters. The highest BCUT2D eigenvalue weighted by molar-refractivity contribution is 4.96. The molecule has 20 heavy (non-hydrogen) atoms. The molecule has 116 valence electrons. The topological polar surface area (TPSA) is 24.5 Å². The van der Waals surface area contributed by atoms with Crippen molar-refractivity contribution >= 4 is 0 Å². The first-order valence-electron chi connectivity index (χ1n) is 8.93. The van der Waals surface area contributed by atoms with Crippen molar-refractivity contribution in [3.8, 4) is 0 Å². The van der Waals surface area contributed by atoms with E-state index in [1.165, 1.54) is 58.0 Å². The minimum atomic E-state index is 0.761. The fraction of sp³-hybridized carbons (Fsp3) is 1.00. The number of piperazine rings is 1. The van der Waals surface area contributed by atoms with Gasteiger partial charge in [0.2, 0.25) is 0 Å². The second-order valence-corrected chi connectivity index (χ2v) is 7.01. The Bertz CT molecular complexity index is 287. The van der Waals surface area contributed by atoms with Crippen molar-refractivity contribution in [2.45, 2.75) is 64.0 Å². The summed E-state index contributed by atoms with van der Waals surface area (Å²) in [7, 11) is 0. The van der Waals surface area contributed by atoms with Crippen LogP contribution in [0.5, 0.6) is 0 Å². The molecule has 3 rings (SSSR count). The molecule has 3 heteroatoms. The van der Waals surface area contributed by atoms with E-state index >= 15 is 0 Å². The first-order valence-corrected chi connectivity index (χ1v) is 8.93. The molecule has 2 atom stereocenters. The summed E-state index contributed by atoms with van der Waals surface area (Å²) in [6.07, 6.45) is 10.2. The van der Waals surface area contributed by atoms with Crippen molar-refractivity contribution in [1.29, 1.82) is 0 Å². The maximum atomic E-state index is 5.62. The standard InChI is InChI=1S/C17H32N2O/c1-2-20-11-10-19-13-16(14-8-9-14)18-12-17(19)15-6-4-3-5-7-15/h14-18H,2-13H2,1H3. The third-order valence-electron chi connectivity index (χ3n) is 5.60. The van der Waals surface area contributed by atoms with E-state index in [0.717, 1.165) is 43.7 Å². The Morgan fingerprint density at radius 2 is 1.85 bits per heavy atom. The number of rotatable bonds is 6. The highest BCUT2D eigenvalue weighted by atomic mass is 16.5. The zero-order valence-electron chi connectivity index (χ0n) is 13.2. The van der Waals surface area contributed by atoms with Gasteiger partial charge in [-0.25, -0.2) is 0 Å². The van der Waals surface area contributed by atoms with Gasteiger partial charge in [-0.1, -0.05) is 19.3 Å². The lowest BCUT2D eigenvalue weighted by atomic mass is 9.82.